The van der Waals surface area contributed by atoms with Crippen molar-refractivity contribution in [2.45, 2.75) is 45.7 Å². The number of carbonyl (C=O) groups excluding carboxylic acids is 3. The van der Waals surface area contributed by atoms with Gasteiger partial charge >= 0.3 is 0 Å². The largest absolute Gasteiger partial charge is 0.352 e. The van der Waals surface area contributed by atoms with Gasteiger partial charge < -0.3 is 15.5 Å². The molecule has 2 N–H and O–H groups in total. The van der Waals surface area contributed by atoms with Crippen LogP contribution in [0.4, 0.5) is 0 Å². The molecule has 3 aromatic rings. The highest BCUT2D eigenvalue weighted by molar-refractivity contribution is 5.90. The molecule has 2 heterocycles. The number of pyridine rings is 1. The maximum Gasteiger partial charge on any atom is 0.245 e. The Morgan fingerprint density at radius 2 is 1.72 bits per heavy atom. The molecule has 188 valence electrons. The number of aromatic nitrogens is 1. The molecule has 0 spiro atoms. The smallest absolute Gasteiger partial charge is 0.245 e. The van der Waals surface area contributed by atoms with Crippen molar-refractivity contribution >= 4 is 28.5 Å². The first kappa shape index (κ1) is 25.4. The summed E-state index contributed by atoms with van der Waals surface area (Å²) in [6, 6.07) is 17.2. The van der Waals surface area contributed by atoms with Crippen LogP contribution in [-0.4, -0.2) is 46.7 Å². The van der Waals surface area contributed by atoms with E-state index in [4.69, 9.17) is 0 Å². The molecular formula is C29H34N4O3. The number of rotatable bonds is 8. The zero-order valence-corrected chi connectivity index (χ0v) is 20.9. The fraction of sp³-hybridized carbons (Fsp3) is 0.379. The van der Waals surface area contributed by atoms with Gasteiger partial charge in [0.05, 0.1) is 6.42 Å². The minimum absolute atomic E-state index is 0.00931. The van der Waals surface area contributed by atoms with Crippen LogP contribution in [0.2, 0.25) is 0 Å². The van der Waals surface area contributed by atoms with Crippen LogP contribution < -0.4 is 10.6 Å². The van der Waals surface area contributed by atoms with E-state index in [1.807, 2.05) is 68.4 Å². The number of nitrogens with one attached hydrogen (secondary N) is 2. The Kier molecular flexibility index (Phi) is 8.31. The van der Waals surface area contributed by atoms with Gasteiger partial charge in [0.2, 0.25) is 17.7 Å². The number of likely N-dealkylation sites (tertiary alicyclic amines) is 1. The fourth-order valence-electron chi connectivity index (χ4n) is 4.67. The third kappa shape index (κ3) is 6.47. The lowest BCUT2D eigenvalue weighted by Crippen LogP contribution is -2.54. The molecule has 36 heavy (non-hydrogen) atoms. The van der Waals surface area contributed by atoms with E-state index in [2.05, 4.69) is 15.6 Å². The molecular weight excluding hydrogens is 452 g/mol. The number of amides is 3. The Bertz CT molecular complexity index is 1200. The molecule has 1 aliphatic rings. The number of hydrogen-bond acceptors (Lipinski definition) is 4. The number of fused-ring (bicyclic) bond motifs is 1. The number of piperidine rings is 1. The summed E-state index contributed by atoms with van der Waals surface area (Å²) in [5.74, 6) is -0.396. The Balaban J connectivity index is 1.28. The Morgan fingerprint density at radius 3 is 2.42 bits per heavy atom. The van der Waals surface area contributed by atoms with E-state index in [-0.39, 0.29) is 36.0 Å². The van der Waals surface area contributed by atoms with Crippen LogP contribution in [0.3, 0.4) is 0 Å². The van der Waals surface area contributed by atoms with Crippen molar-refractivity contribution in [3.05, 3.63) is 78.1 Å². The summed E-state index contributed by atoms with van der Waals surface area (Å²) in [4.78, 5) is 44.6. The summed E-state index contributed by atoms with van der Waals surface area (Å²) in [5, 5.41) is 8.16. The molecule has 1 fully saturated rings. The molecule has 0 radical (unpaired) electrons. The van der Waals surface area contributed by atoms with Crippen molar-refractivity contribution in [3.63, 3.8) is 0 Å². The van der Waals surface area contributed by atoms with Gasteiger partial charge in [-0.05, 0) is 46.7 Å². The van der Waals surface area contributed by atoms with Gasteiger partial charge in [0.25, 0.3) is 0 Å². The molecule has 0 saturated carbocycles. The Labute approximate surface area is 212 Å². The molecule has 7 nitrogen and oxygen atoms in total. The van der Waals surface area contributed by atoms with Crippen molar-refractivity contribution in [3.8, 4) is 0 Å². The minimum atomic E-state index is -0.589. The van der Waals surface area contributed by atoms with E-state index in [0.29, 0.717) is 32.5 Å². The van der Waals surface area contributed by atoms with Crippen LogP contribution in [0.25, 0.3) is 10.8 Å². The Morgan fingerprint density at radius 1 is 0.972 bits per heavy atom. The number of hydrogen-bond donors (Lipinski definition) is 2. The highest BCUT2D eigenvalue weighted by Crippen LogP contribution is 2.20. The van der Waals surface area contributed by atoms with Gasteiger partial charge in [-0.15, -0.1) is 0 Å². The van der Waals surface area contributed by atoms with E-state index in [1.165, 1.54) is 0 Å². The highest BCUT2D eigenvalue weighted by Gasteiger charge is 2.33. The second-order valence-electron chi connectivity index (χ2n) is 9.83. The summed E-state index contributed by atoms with van der Waals surface area (Å²) in [5.41, 5.74) is 1.87. The summed E-state index contributed by atoms with van der Waals surface area (Å²) in [7, 11) is 0. The van der Waals surface area contributed by atoms with Gasteiger partial charge in [-0.2, -0.15) is 0 Å². The maximum atomic E-state index is 13.3. The molecule has 1 saturated heterocycles. The molecule has 1 aromatic heterocycles. The van der Waals surface area contributed by atoms with Crippen molar-refractivity contribution in [2.24, 2.45) is 11.8 Å². The third-order valence-electron chi connectivity index (χ3n) is 6.79. The van der Waals surface area contributed by atoms with E-state index in [0.717, 1.165) is 21.9 Å². The fourth-order valence-corrected chi connectivity index (χ4v) is 4.67. The SMILES string of the molecule is CC(C)C(NC(=O)Cc1ccc2ccccc2c1)C(=O)N1CCC(C(=O)NCc2cccnc2)CC1. The van der Waals surface area contributed by atoms with Gasteiger partial charge in [0.1, 0.15) is 6.04 Å². The second kappa shape index (κ2) is 11.8. The normalized spacial score (nSPS) is 15.0. The van der Waals surface area contributed by atoms with E-state index < -0.39 is 6.04 Å². The average molecular weight is 487 g/mol. The van der Waals surface area contributed by atoms with Gasteiger partial charge in [0, 0.05) is 37.9 Å². The van der Waals surface area contributed by atoms with Gasteiger partial charge in [-0.25, -0.2) is 0 Å². The van der Waals surface area contributed by atoms with E-state index >= 15 is 0 Å². The van der Waals surface area contributed by atoms with Gasteiger partial charge in [0.15, 0.2) is 0 Å². The first-order chi connectivity index (χ1) is 17.4. The molecule has 7 heteroatoms. The zero-order valence-electron chi connectivity index (χ0n) is 20.9. The van der Waals surface area contributed by atoms with Crippen molar-refractivity contribution < 1.29 is 14.4 Å². The summed E-state index contributed by atoms with van der Waals surface area (Å²) < 4.78 is 0. The molecule has 1 atom stereocenters. The minimum Gasteiger partial charge on any atom is -0.352 e. The highest BCUT2D eigenvalue weighted by atomic mass is 16.2. The van der Waals surface area contributed by atoms with Crippen LogP contribution in [0.1, 0.15) is 37.8 Å². The van der Waals surface area contributed by atoms with Crippen molar-refractivity contribution in [1.82, 2.24) is 20.5 Å². The summed E-state index contributed by atoms with van der Waals surface area (Å²) in [6.45, 7) is 5.35. The van der Waals surface area contributed by atoms with Crippen LogP contribution in [0.15, 0.2) is 67.0 Å². The first-order valence-electron chi connectivity index (χ1n) is 12.6. The maximum absolute atomic E-state index is 13.3. The van der Waals surface area contributed by atoms with Crippen LogP contribution in [0.5, 0.6) is 0 Å². The number of benzene rings is 2. The predicted octanol–water partition coefficient (Wildman–Crippen LogP) is 3.47. The second-order valence-corrected chi connectivity index (χ2v) is 9.83. The molecule has 1 unspecified atom stereocenters. The van der Waals surface area contributed by atoms with Crippen LogP contribution >= 0.6 is 0 Å². The molecule has 0 bridgehead atoms. The quantitative estimate of drug-likeness (QED) is 0.510. The Hall–Kier alpha value is -3.74. The third-order valence-corrected chi connectivity index (χ3v) is 6.79. The number of nitrogens with zero attached hydrogens (tertiary/aromatic N) is 2. The van der Waals surface area contributed by atoms with Gasteiger partial charge in [-0.3, -0.25) is 19.4 Å². The van der Waals surface area contributed by atoms with E-state index in [1.54, 1.807) is 17.3 Å². The number of carbonyl (C=O) groups is 3. The van der Waals surface area contributed by atoms with Crippen molar-refractivity contribution in [2.75, 3.05) is 13.1 Å². The van der Waals surface area contributed by atoms with E-state index in [9.17, 15) is 14.4 Å². The monoisotopic (exact) mass is 486 g/mol. The lowest BCUT2D eigenvalue weighted by atomic mass is 9.94. The lowest BCUT2D eigenvalue weighted by Gasteiger charge is -2.35. The summed E-state index contributed by atoms with van der Waals surface area (Å²) >= 11 is 0. The molecule has 2 aromatic carbocycles. The van der Waals surface area contributed by atoms with Crippen LogP contribution in [-0.2, 0) is 27.3 Å². The molecule has 4 rings (SSSR count). The standard InChI is InChI=1S/C29H34N4O3/c1-20(2)27(32-26(34)17-21-9-10-23-7-3-4-8-25(23)16-21)29(36)33-14-11-24(12-15-33)28(35)31-19-22-6-5-13-30-18-22/h3-10,13,16,18,20,24,27H,11-12,14-15,17,19H2,1-2H3,(H,31,35)(H,32,34). The predicted molar refractivity (Wildman–Crippen MR) is 140 cm³/mol. The average Bonchev–Trinajstić information content (AvgIpc) is 2.90. The molecule has 1 aliphatic heterocycles. The van der Waals surface area contributed by atoms with Crippen molar-refractivity contribution in [1.29, 1.82) is 0 Å². The summed E-state index contributed by atoms with van der Waals surface area (Å²) in [6.07, 6.45) is 4.89. The first-order valence-corrected chi connectivity index (χ1v) is 12.6. The molecule has 3 amide bonds. The van der Waals surface area contributed by atoms with Gasteiger partial charge in [-0.1, -0.05) is 62.4 Å². The zero-order chi connectivity index (χ0) is 25.5. The topological polar surface area (TPSA) is 91.4 Å². The lowest BCUT2D eigenvalue weighted by molar-refractivity contribution is -0.140. The van der Waals surface area contributed by atoms with Crippen LogP contribution in [0, 0.1) is 11.8 Å². The molecule has 0 aliphatic carbocycles.